The van der Waals surface area contributed by atoms with Crippen molar-refractivity contribution in [2.45, 2.75) is 11.3 Å². The summed E-state index contributed by atoms with van der Waals surface area (Å²) >= 11 is 0. The van der Waals surface area contributed by atoms with Crippen LogP contribution >= 0.6 is 0 Å². The number of hydrogen-bond acceptors (Lipinski definition) is 3. The molecular formula is C23H20N2O3S. The van der Waals surface area contributed by atoms with Gasteiger partial charge in [0.25, 0.3) is 0 Å². The lowest BCUT2D eigenvalue weighted by atomic mass is 10.1. The number of carbonyl (C=O) groups is 1. The van der Waals surface area contributed by atoms with Crippen LogP contribution in [0.3, 0.4) is 0 Å². The highest BCUT2D eigenvalue weighted by atomic mass is 32.2. The zero-order valence-corrected chi connectivity index (χ0v) is 16.4. The average molecular weight is 404 g/mol. The Kier molecular flexibility index (Phi) is 5.29. The van der Waals surface area contributed by atoms with Crippen LogP contribution in [-0.2, 0) is 14.8 Å². The van der Waals surface area contributed by atoms with E-state index in [0.29, 0.717) is 5.69 Å². The molecule has 0 saturated carbocycles. The van der Waals surface area contributed by atoms with Crippen LogP contribution in [0.25, 0.3) is 21.5 Å². The number of rotatable bonds is 6. The molecule has 146 valence electrons. The van der Waals surface area contributed by atoms with Gasteiger partial charge >= 0.3 is 0 Å². The Bertz CT molecular complexity index is 1290. The molecule has 0 radical (unpaired) electrons. The number of sulfonamides is 1. The van der Waals surface area contributed by atoms with Gasteiger partial charge in [-0.05, 0) is 34.4 Å². The summed E-state index contributed by atoms with van der Waals surface area (Å²) in [6.07, 6.45) is 0.0377. The van der Waals surface area contributed by atoms with Gasteiger partial charge in [-0.1, -0.05) is 66.7 Å². The van der Waals surface area contributed by atoms with Crippen molar-refractivity contribution >= 4 is 43.2 Å². The Hall–Kier alpha value is -3.22. The second-order valence-corrected chi connectivity index (χ2v) is 8.50. The number of hydrogen-bond donors (Lipinski definition) is 2. The van der Waals surface area contributed by atoms with Gasteiger partial charge in [-0.15, -0.1) is 0 Å². The molecule has 0 fully saturated rings. The van der Waals surface area contributed by atoms with E-state index in [-0.39, 0.29) is 23.8 Å². The zero-order chi connectivity index (χ0) is 20.3. The molecule has 5 nitrogen and oxygen atoms in total. The number of benzene rings is 4. The van der Waals surface area contributed by atoms with E-state index in [1.807, 2.05) is 66.7 Å². The van der Waals surface area contributed by atoms with Crippen molar-refractivity contribution in [3.05, 3.63) is 84.9 Å². The largest absolute Gasteiger partial charge is 0.325 e. The second-order valence-electron chi connectivity index (χ2n) is 6.73. The Morgan fingerprint density at radius 3 is 2.28 bits per heavy atom. The molecule has 0 aliphatic rings. The molecule has 0 aromatic heterocycles. The highest BCUT2D eigenvalue weighted by Gasteiger charge is 2.15. The summed E-state index contributed by atoms with van der Waals surface area (Å²) in [4.78, 5) is 12.5. The molecule has 4 aromatic carbocycles. The van der Waals surface area contributed by atoms with E-state index < -0.39 is 10.0 Å². The zero-order valence-electron chi connectivity index (χ0n) is 15.6. The molecule has 0 spiro atoms. The van der Waals surface area contributed by atoms with Crippen molar-refractivity contribution in [2.24, 2.45) is 0 Å². The lowest BCUT2D eigenvalue weighted by Crippen LogP contribution is -2.27. The maximum absolute atomic E-state index is 12.5. The molecule has 4 aromatic rings. The van der Waals surface area contributed by atoms with Crippen LogP contribution in [0, 0.1) is 0 Å². The molecule has 0 bridgehead atoms. The van der Waals surface area contributed by atoms with E-state index in [1.54, 1.807) is 18.2 Å². The smallest absolute Gasteiger partial charge is 0.240 e. The van der Waals surface area contributed by atoms with Gasteiger partial charge in [0.1, 0.15) is 0 Å². The standard InChI is InChI=1S/C23H20N2O3S/c26-23(25-22-11-5-9-18-7-3-4-10-21(18)22)14-15-24-29(27,28)20-13-12-17-6-1-2-8-19(17)16-20/h1-13,16,24H,14-15H2,(H,25,26). The third kappa shape index (κ3) is 4.29. The van der Waals surface area contributed by atoms with Gasteiger partial charge < -0.3 is 5.32 Å². The molecule has 0 aliphatic heterocycles. The predicted molar refractivity (Wildman–Crippen MR) is 116 cm³/mol. The van der Waals surface area contributed by atoms with E-state index in [1.165, 1.54) is 0 Å². The molecule has 29 heavy (non-hydrogen) atoms. The summed E-state index contributed by atoms with van der Waals surface area (Å²) in [6.45, 7) is 0.0196. The van der Waals surface area contributed by atoms with Crippen LogP contribution in [-0.4, -0.2) is 20.9 Å². The van der Waals surface area contributed by atoms with Crippen LogP contribution in [0.5, 0.6) is 0 Å². The first-order valence-electron chi connectivity index (χ1n) is 9.29. The van der Waals surface area contributed by atoms with Crippen LogP contribution in [0.1, 0.15) is 6.42 Å². The average Bonchev–Trinajstić information content (AvgIpc) is 2.73. The van der Waals surface area contributed by atoms with Crippen molar-refractivity contribution < 1.29 is 13.2 Å². The summed E-state index contributed by atoms with van der Waals surface area (Å²) in [6, 6.07) is 26.0. The van der Waals surface area contributed by atoms with E-state index in [2.05, 4.69) is 10.0 Å². The van der Waals surface area contributed by atoms with Gasteiger partial charge in [-0.25, -0.2) is 13.1 Å². The van der Waals surface area contributed by atoms with Gasteiger partial charge in [-0.3, -0.25) is 4.79 Å². The number of nitrogens with one attached hydrogen (secondary N) is 2. The fourth-order valence-corrected chi connectivity index (χ4v) is 4.33. The monoisotopic (exact) mass is 404 g/mol. The number of anilines is 1. The number of fused-ring (bicyclic) bond motifs is 2. The maximum atomic E-state index is 12.5. The molecule has 0 atom stereocenters. The summed E-state index contributed by atoms with van der Waals surface area (Å²) in [5.41, 5.74) is 0.713. The molecule has 0 saturated heterocycles. The third-order valence-corrected chi connectivity index (χ3v) is 6.20. The van der Waals surface area contributed by atoms with Gasteiger partial charge in [0.15, 0.2) is 0 Å². The highest BCUT2D eigenvalue weighted by molar-refractivity contribution is 7.89. The topological polar surface area (TPSA) is 75.3 Å². The first-order valence-corrected chi connectivity index (χ1v) is 10.8. The second kappa shape index (κ2) is 8.03. The fraction of sp³-hybridized carbons (Fsp3) is 0.0870. The van der Waals surface area contributed by atoms with E-state index in [0.717, 1.165) is 21.5 Å². The van der Waals surface area contributed by atoms with Crippen molar-refractivity contribution in [2.75, 3.05) is 11.9 Å². The number of carbonyl (C=O) groups excluding carboxylic acids is 1. The van der Waals surface area contributed by atoms with Crippen molar-refractivity contribution in [3.8, 4) is 0 Å². The predicted octanol–water partition coefficient (Wildman–Crippen LogP) is 4.30. The SMILES string of the molecule is O=C(CCNS(=O)(=O)c1ccc2ccccc2c1)Nc1cccc2ccccc12. The molecule has 2 N–H and O–H groups in total. The van der Waals surface area contributed by atoms with Gasteiger partial charge in [0.2, 0.25) is 15.9 Å². The maximum Gasteiger partial charge on any atom is 0.240 e. The molecule has 0 aliphatic carbocycles. The van der Waals surface area contributed by atoms with Crippen molar-refractivity contribution in [1.82, 2.24) is 4.72 Å². The van der Waals surface area contributed by atoms with E-state index in [4.69, 9.17) is 0 Å². The lowest BCUT2D eigenvalue weighted by molar-refractivity contribution is -0.116. The quantitative estimate of drug-likeness (QED) is 0.503. The molecule has 6 heteroatoms. The molecule has 1 amide bonds. The minimum Gasteiger partial charge on any atom is -0.325 e. The minimum atomic E-state index is -3.68. The van der Waals surface area contributed by atoms with E-state index >= 15 is 0 Å². The minimum absolute atomic E-state index is 0.0196. The molecule has 4 rings (SSSR count). The lowest BCUT2D eigenvalue weighted by Gasteiger charge is -2.10. The van der Waals surface area contributed by atoms with Gasteiger partial charge in [0, 0.05) is 24.0 Å². The third-order valence-electron chi connectivity index (χ3n) is 4.74. The number of amides is 1. The van der Waals surface area contributed by atoms with Crippen LogP contribution in [0.4, 0.5) is 5.69 Å². The molecule has 0 heterocycles. The first-order chi connectivity index (χ1) is 14.0. The van der Waals surface area contributed by atoms with Crippen molar-refractivity contribution in [1.29, 1.82) is 0 Å². The van der Waals surface area contributed by atoms with Crippen LogP contribution in [0.2, 0.25) is 0 Å². The Morgan fingerprint density at radius 2 is 1.45 bits per heavy atom. The van der Waals surface area contributed by atoms with Crippen molar-refractivity contribution in [3.63, 3.8) is 0 Å². The molecular weight excluding hydrogens is 384 g/mol. The summed E-state index contributed by atoms with van der Waals surface area (Å²) < 4.78 is 27.6. The first kappa shape index (κ1) is 19.1. The summed E-state index contributed by atoms with van der Waals surface area (Å²) in [5, 5.41) is 6.66. The summed E-state index contributed by atoms with van der Waals surface area (Å²) in [7, 11) is -3.68. The van der Waals surface area contributed by atoms with Gasteiger partial charge in [-0.2, -0.15) is 0 Å². The Labute approximate surface area is 169 Å². The van der Waals surface area contributed by atoms with Crippen LogP contribution < -0.4 is 10.0 Å². The fourth-order valence-electron chi connectivity index (χ4n) is 3.26. The normalized spacial score (nSPS) is 11.6. The van der Waals surface area contributed by atoms with Gasteiger partial charge in [0.05, 0.1) is 4.90 Å². The highest BCUT2D eigenvalue weighted by Crippen LogP contribution is 2.23. The van der Waals surface area contributed by atoms with Crippen LogP contribution in [0.15, 0.2) is 89.8 Å². The van der Waals surface area contributed by atoms with E-state index in [9.17, 15) is 13.2 Å². The summed E-state index contributed by atoms with van der Waals surface area (Å²) in [5.74, 6) is -0.248. The Balaban J connectivity index is 1.40. The Morgan fingerprint density at radius 1 is 0.759 bits per heavy atom. The molecule has 0 unspecified atom stereocenters.